The van der Waals surface area contributed by atoms with Crippen LogP contribution in [0, 0.1) is 23.7 Å². The van der Waals surface area contributed by atoms with Gasteiger partial charge in [0.15, 0.2) is 6.61 Å². The molecule has 0 saturated heterocycles. The van der Waals surface area contributed by atoms with Crippen LogP contribution in [-0.4, -0.2) is 31.1 Å². The lowest BCUT2D eigenvalue weighted by atomic mass is 9.86. The molecule has 0 heterocycles. The van der Waals surface area contributed by atoms with Gasteiger partial charge in [0.25, 0.3) is 5.91 Å². The number of fused-ring (bicyclic) bond motifs is 2. The van der Waals surface area contributed by atoms with E-state index in [2.05, 4.69) is 10.6 Å². The molecule has 3 amide bonds. The van der Waals surface area contributed by atoms with Crippen LogP contribution in [0.2, 0.25) is 0 Å². The monoisotopic (exact) mass is 310 g/mol. The van der Waals surface area contributed by atoms with E-state index in [1.165, 1.54) is 19.3 Å². The van der Waals surface area contributed by atoms with E-state index in [1.54, 1.807) is 0 Å². The lowest BCUT2D eigenvalue weighted by Gasteiger charge is -2.20. The van der Waals surface area contributed by atoms with Crippen LogP contribution >= 0.6 is 0 Å². The molecule has 2 aliphatic rings. The van der Waals surface area contributed by atoms with Crippen molar-refractivity contribution in [2.24, 2.45) is 23.7 Å². The fourth-order valence-electron chi connectivity index (χ4n) is 3.55. The molecule has 2 bridgehead atoms. The molecule has 0 spiro atoms. The minimum Gasteiger partial charge on any atom is -0.456 e. The Hall–Kier alpha value is -1.59. The van der Waals surface area contributed by atoms with Gasteiger partial charge >= 0.3 is 12.0 Å². The largest absolute Gasteiger partial charge is 0.456 e. The summed E-state index contributed by atoms with van der Waals surface area (Å²) in [4.78, 5) is 34.7. The van der Waals surface area contributed by atoms with Gasteiger partial charge in [-0.15, -0.1) is 0 Å². The summed E-state index contributed by atoms with van der Waals surface area (Å²) in [5.41, 5.74) is 0. The number of amides is 3. The van der Waals surface area contributed by atoms with E-state index in [0.717, 1.165) is 12.3 Å². The number of carbonyl (C=O) groups is 3. The average Bonchev–Trinajstić information content (AvgIpc) is 3.05. The van der Waals surface area contributed by atoms with Gasteiger partial charge in [-0.2, -0.15) is 0 Å². The molecule has 6 heteroatoms. The first-order chi connectivity index (χ1) is 10.4. The molecule has 0 aliphatic heterocycles. The Morgan fingerprint density at radius 1 is 1.18 bits per heavy atom. The Balaban J connectivity index is 1.59. The van der Waals surface area contributed by atoms with Gasteiger partial charge in [0, 0.05) is 13.0 Å². The summed E-state index contributed by atoms with van der Waals surface area (Å²) in [6.07, 6.45) is 5.27. The van der Waals surface area contributed by atoms with E-state index in [0.29, 0.717) is 30.7 Å². The fraction of sp³-hybridized carbons (Fsp3) is 0.812. The lowest BCUT2D eigenvalue weighted by Crippen LogP contribution is -2.42. The fourth-order valence-corrected chi connectivity index (χ4v) is 3.55. The van der Waals surface area contributed by atoms with Gasteiger partial charge in [-0.25, -0.2) is 4.79 Å². The molecule has 6 nitrogen and oxygen atoms in total. The third kappa shape index (κ3) is 5.00. The first-order valence-corrected chi connectivity index (χ1v) is 8.17. The maximum atomic E-state index is 11.8. The molecule has 2 saturated carbocycles. The second-order valence-electron chi connectivity index (χ2n) is 6.95. The number of nitrogens with one attached hydrogen (secondary N) is 2. The smallest absolute Gasteiger partial charge is 0.321 e. The van der Waals surface area contributed by atoms with Crippen molar-refractivity contribution in [2.45, 2.75) is 46.0 Å². The van der Waals surface area contributed by atoms with Gasteiger partial charge in [0.1, 0.15) is 0 Å². The summed E-state index contributed by atoms with van der Waals surface area (Å²) < 4.78 is 4.97. The molecule has 0 aromatic heterocycles. The van der Waals surface area contributed by atoms with Gasteiger partial charge in [0.05, 0.1) is 0 Å². The normalized spacial score (nSPS) is 26.0. The molecule has 2 aliphatic carbocycles. The third-order valence-electron chi connectivity index (χ3n) is 4.60. The van der Waals surface area contributed by atoms with Crippen LogP contribution in [0.1, 0.15) is 46.0 Å². The summed E-state index contributed by atoms with van der Waals surface area (Å²) in [5, 5.41) is 4.71. The van der Waals surface area contributed by atoms with E-state index in [4.69, 9.17) is 4.74 Å². The molecule has 0 aromatic carbocycles. The molecule has 3 atom stereocenters. The minimum atomic E-state index is -0.595. The number of carbonyl (C=O) groups excluding carboxylic acids is 3. The van der Waals surface area contributed by atoms with Crippen LogP contribution in [0.15, 0.2) is 0 Å². The van der Waals surface area contributed by atoms with Gasteiger partial charge in [-0.05, 0) is 42.9 Å². The van der Waals surface area contributed by atoms with Crippen molar-refractivity contribution < 1.29 is 19.1 Å². The highest BCUT2D eigenvalue weighted by molar-refractivity contribution is 5.95. The highest BCUT2D eigenvalue weighted by Crippen LogP contribution is 2.49. The first kappa shape index (κ1) is 16.8. The first-order valence-electron chi connectivity index (χ1n) is 8.17. The minimum absolute atomic E-state index is 0.306. The van der Waals surface area contributed by atoms with Crippen molar-refractivity contribution >= 4 is 17.9 Å². The van der Waals surface area contributed by atoms with Crippen molar-refractivity contribution in [3.05, 3.63) is 0 Å². The zero-order valence-electron chi connectivity index (χ0n) is 13.4. The standard InChI is InChI=1S/C16H26N2O4/c1-10(2)8-17-16(21)18-14(19)9-22-15(20)7-13-6-11-3-4-12(13)5-11/h10-13H,3-9H2,1-2H3,(H2,17,18,19,21)/t11-,12-,13-/m0/s1. The molecule has 0 aromatic rings. The number of urea groups is 1. The molecule has 2 fully saturated rings. The molecular weight excluding hydrogens is 284 g/mol. The topological polar surface area (TPSA) is 84.5 Å². The number of esters is 1. The maximum absolute atomic E-state index is 11.8. The highest BCUT2D eigenvalue weighted by Gasteiger charge is 2.40. The number of rotatable bonds is 6. The summed E-state index contributed by atoms with van der Waals surface area (Å²) in [5.74, 6) is 1.24. The van der Waals surface area contributed by atoms with E-state index in [9.17, 15) is 14.4 Å². The van der Waals surface area contributed by atoms with Gasteiger partial charge in [-0.1, -0.05) is 20.3 Å². The van der Waals surface area contributed by atoms with E-state index in [-0.39, 0.29) is 5.97 Å². The average molecular weight is 310 g/mol. The van der Waals surface area contributed by atoms with Crippen LogP contribution in [-0.2, 0) is 14.3 Å². The van der Waals surface area contributed by atoms with Gasteiger partial charge in [-0.3, -0.25) is 14.9 Å². The van der Waals surface area contributed by atoms with Gasteiger partial charge < -0.3 is 10.1 Å². The molecule has 2 rings (SSSR count). The lowest BCUT2D eigenvalue weighted by molar-refractivity contribution is -0.149. The summed E-state index contributed by atoms with van der Waals surface area (Å²) in [6, 6.07) is -0.553. The number of imide groups is 1. The molecule has 2 N–H and O–H groups in total. The molecular formula is C16H26N2O4. The number of hydrogen-bond donors (Lipinski definition) is 2. The van der Waals surface area contributed by atoms with Crippen molar-refractivity contribution in [2.75, 3.05) is 13.2 Å². The quantitative estimate of drug-likeness (QED) is 0.733. The second-order valence-corrected chi connectivity index (χ2v) is 6.95. The zero-order valence-corrected chi connectivity index (χ0v) is 13.4. The van der Waals surface area contributed by atoms with E-state index in [1.807, 2.05) is 13.8 Å². The molecule has 124 valence electrons. The Morgan fingerprint density at radius 3 is 2.55 bits per heavy atom. The summed E-state index contributed by atoms with van der Waals surface area (Å²) in [6.45, 7) is 4.01. The Kier molecular flexibility index (Phi) is 5.80. The second kappa shape index (κ2) is 7.61. The number of ether oxygens (including phenoxy) is 1. The summed E-state index contributed by atoms with van der Waals surface area (Å²) in [7, 11) is 0. The van der Waals surface area contributed by atoms with Crippen LogP contribution in [0.25, 0.3) is 0 Å². The third-order valence-corrected chi connectivity index (χ3v) is 4.60. The van der Waals surface area contributed by atoms with Crippen LogP contribution in [0.4, 0.5) is 4.79 Å². The SMILES string of the molecule is CC(C)CNC(=O)NC(=O)COC(=O)C[C@@H]1C[C@H]2CC[C@H]1C2. The van der Waals surface area contributed by atoms with Crippen LogP contribution < -0.4 is 10.6 Å². The number of hydrogen-bond acceptors (Lipinski definition) is 4. The maximum Gasteiger partial charge on any atom is 0.321 e. The van der Waals surface area contributed by atoms with Crippen LogP contribution in [0.3, 0.4) is 0 Å². The van der Waals surface area contributed by atoms with Gasteiger partial charge in [0.2, 0.25) is 0 Å². The van der Waals surface area contributed by atoms with Crippen molar-refractivity contribution in [3.8, 4) is 0 Å². The Labute approximate surface area is 131 Å². The predicted octanol–water partition coefficient (Wildman–Crippen LogP) is 1.84. The highest BCUT2D eigenvalue weighted by atomic mass is 16.5. The predicted molar refractivity (Wildman–Crippen MR) is 80.9 cm³/mol. The molecule has 22 heavy (non-hydrogen) atoms. The Morgan fingerprint density at radius 2 is 1.95 bits per heavy atom. The molecule has 0 radical (unpaired) electrons. The van der Waals surface area contributed by atoms with Crippen molar-refractivity contribution in [1.29, 1.82) is 0 Å². The van der Waals surface area contributed by atoms with E-state index >= 15 is 0 Å². The van der Waals surface area contributed by atoms with Crippen molar-refractivity contribution in [1.82, 2.24) is 10.6 Å². The Bertz CT molecular complexity index is 436. The van der Waals surface area contributed by atoms with Crippen LogP contribution in [0.5, 0.6) is 0 Å². The van der Waals surface area contributed by atoms with Crippen molar-refractivity contribution in [3.63, 3.8) is 0 Å². The zero-order chi connectivity index (χ0) is 16.1. The molecule has 0 unspecified atom stereocenters. The van der Waals surface area contributed by atoms with E-state index < -0.39 is 18.5 Å². The summed E-state index contributed by atoms with van der Waals surface area (Å²) >= 11 is 0.